The first kappa shape index (κ1) is 16.4. The van der Waals surface area contributed by atoms with Gasteiger partial charge in [0.25, 0.3) is 0 Å². The largest absolute Gasteiger partial charge is 0.377 e. The Kier molecular flexibility index (Phi) is 4.70. The highest BCUT2D eigenvalue weighted by Gasteiger charge is 2.25. The molecule has 1 amide bonds. The fraction of sp³-hybridized carbons (Fsp3) is 0.562. The molecule has 7 heteroatoms. The van der Waals surface area contributed by atoms with Crippen LogP contribution in [0.3, 0.4) is 0 Å². The number of benzene rings is 1. The van der Waals surface area contributed by atoms with Gasteiger partial charge in [0.15, 0.2) is 0 Å². The lowest BCUT2D eigenvalue weighted by Crippen LogP contribution is -2.35. The van der Waals surface area contributed by atoms with E-state index in [1.807, 2.05) is 6.92 Å². The molecule has 0 spiro atoms. The van der Waals surface area contributed by atoms with Gasteiger partial charge in [-0.15, -0.1) is 0 Å². The van der Waals surface area contributed by atoms with Crippen LogP contribution >= 0.6 is 0 Å². The predicted molar refractivity (Wildman–Crippen MR) is 87.0 cm³/mol. The van der Waals surface area contributed by atoms with Crippen molar-refractivity contribution in [2.24, 2.45) is 0 Å². The third-order valence-corrected chi connectivity index (χ3v) is 5.82. The number of nitrogens with one attached hydrogen (secondary N) is 1. The Labute approximate surface area is 136 Å². The van der Waals surface area contributed by atoms with Gasteiger partial charge in [0, 0.05) is 31.8 Å². The molecule has 2 heterocycles. The third kappa shape index (κ3) is 3.41. The van der Waals surface area contributed by atoms with Gasteiger partial charge in [-0.25, -0.2) is 13.1 Å². The second-order valence-corrected chi connectivity index (χ2v) is 7.68. The van der Waals surface area contributed by atoms with E-state index in [-0.39, 0.29) is 16.9 Å². The van der Waals surface area contributed by atoms with Crippen molar-refractivity contribution in [3.05, 3.63) is 23.8 Å². The number of anilines is 1. The highest BCUT2D eigenvalue weighted by molar-refractivity contribution is 7.89. The number of carbonyl (C=O) groups is 1. The SMILES string of the molecule is CCN1C(=O)CCc2cc(S(=O)(=O)NCC3CCCO3)ccc21. The van der Waals surface area contributed by atoms with Crippen LogP contribution in [-0.4, -0.2) is 40.1 Å². The maximum absolute atomic E-state index is 12.4. The Morgan fingerprint density at radius 1 is 1.35 bits per heavy atom. The summed E-state index contributed by atoms with van der Waals surface area (Å²) in [6.45, 7) is 3.51. The van der Waals surface area contributed by atoms with Crippen LogP contribution < -0.4 is 9.62 Å². The molecule has 126 valence electrons. The Hall–Kier alpha value is -1.44. The number of aryl methyl sites for hydroxylation is 1. The molecule has 3 rings (SSSR count). The van der Waals surface area contributed by atoms with Crippen molar-refractivity contribution < 1.29 is 17.9 Å². The first-order chi connectivity index (χ1) is 11.0. The summed E-state index contributed by atoms with van der Waals surface area (Å²) in [4.78, 5) is 13.9. The van der Waals surface area contributed by atoms with E-state index in [9.17, 15) is 13.2 Å². The first-order valence-corrected chi connectivity index (χ1v) is 9.54. The number of hydrogen-bond acceptors (Lipinski definition) is 4. The van der Waals surface area contributed by atoms with Gasteiger partial charge in [0.2, 0.25) is 15.9 Å². The van der Waals surface area contributed by atoms with E-state index in [1.54, 1.807) is 23.1 Å². The van der Waals surface area contributed by atoms with E-state index in [0.29, 0.717) is 32.5 Å². The van der Waals surface area contributed by atoms with Gasteiger partial charge in [-0.3, -0.25) is 4.79 Å². The van der Waals surface area contributed by atoms with E-state index < -0.39 is 10.0 Å². The van der Waals surface area contributed by atoms with E-state index >= 15 is 0 Å². The van der Waals surface area contributed by atoms with Crippen LogP contribution in [0.4, 0.5) is 5.69 Å². The average Bonchev–Trinajstić information content (AvgIpc) is 3.06. The van der Waals surface area contributed by atoms with Crippen molar-refractivity contribution >= 4 is 21.6 Å². The minimum atomic E-state index is -3.55. The van der Waals surface area contributed by atoms with Crippen molar-refractivity contribution in [3.8, 4) is 0 Å². The van der Waals surface area contributed by atoms with Crippen LogP contribution in [0.15, 0.2) is 23.1 Å². The Morgan fingerprint density at radius 3 is 2.87 bits per heavy atom. The van der Waals surface area contributed by atoms with E-state index in [2.05, 4.69) is 4.72 Å². The quantitative estimate of drug-likeness (QED) is 0.881. The molecule has 0 aromatic heterocycles. The summed E-state index contributed by atoms with van der Waals surface area (Å²) in [6, 6.07) is 4.98. The number of nitrogens with zero attached hydrogens (tertiary/aromatic N) is 1. The molecule has 2 aliphatic heterocycles. The maximum Gasteiger partial charge on any atom is 0.240 e. The van der Waals surface area contributed by atoms with Gasteiger partial charge in [0.05, 0.1) is 11.0 Å². The van der Waals surface area contributed by atoms with Gasteiger partial charge >= 0.3 is 0 Å². The second kappa shape index (κ2) is 6.59. The summed E-state index contributed by atoms with van der Waals surface area (Å²) in [5.74, 6) is 0.0899. The molecular weight excluding hydrogens is 316 g/mol. The first-order valence-electron chi connectivity index (χ1n) is 8.06. The van der Waals surface area contributed by atoms with Crippen LogP contribution in [-0.2, 0) is 26.0 Å². The van der Waals surface area contributed by atoms with Crippen LogP contribution in [0, 0.1) is 0 Å². The molecule has 1 N–H and O–H groups in total. The molecule has 0 aliphatic carbocycles. The van der Waals surface area contributed by atoms with Gasteiger partial charge in [-0.1, -0.05) is 0 Å². The number of sulfonamides is 1. The molecule has 1 atom stereocenters. The number of rotatable bonds is 5. The monoisotopic (exact) mass is 338 g/mol. The second-order valence-electron chi connectivity index (χ2n) is 5.92. The summed E-state index contributed by atoms with van der Waals surface area (Å²) in [5, 5.41) is 0. The van der Waals surface area contributed by atoms with E-state index in [1.165, 1.54) is 0 Å². The van der Waals surface area contributed by atoms with Crippen molar-refractivity contribution in [1.82, 2.24) is 4.72 Å². The number of amides is 1. The lowest BCUT2D eigenvalue weighted by atomic mass is 10.0. The molecule has 1 aromatic rings. The molecule has 1 unspecified atom stereocenters. The smallest absolute Gasteiger partial charge is 0.240 e. The van der Waals surface area contributed by atoms with Gasteiger partial charge in [-0.2, -0.15) is 0 Å². The highest BCUT2D eigenvalue weighted by Crippen LogP contribution is 2.29. The number of fused-ring (bicyclic) bond motifs is 1. The molecule has 1 fully saturated rings. The van der Waals surface area contributed by atoms with Crippen LogP contribution in [0.1, 0.15) is 31.7 Å². The minimum absolute atomic E-state index is 0.0318. The van der Waals surface area contributed by atoms with E-state index in [0.717, 1.165) is 24.1 Å². The van der Waals surface area contributed by atoms with Gasteiger partial charge < -0.3 is 9.64 Å². The molecule has 2 aliphatic rings. The fourth-order valence-electron chi connectivity index (χ4n) is 3.14. The standard InChI is InChI=1S/C16H22N2O4S/c1-2-18-15-7-6-14(10-12(15)5-8-16(18)19)23(20,21)17-11-13-4-3-9-22-13/h6-7,10,13,17H,2-5,8-9,11H2,1H3. The average molecular weight is 338 g/mol. The van der Waals surface area contributed by atoms with Crippen molar-refractivity contribution in [2.45, 2.75) is 43.6 Å². The number of hydrogen-bond donors (Lipinski definition) is 1. The van der Waals surface area contributed by atoms with Crippen LogP contribution in [0.5, 0.6) is 0 Å². The lowest BCUT2D eigenvalue weighted by molar-refractivity contribution is -0.118. The summed E-state index contributed by atoms with van der Waals surface area (Å²) >= 11 is 0. The molecule has 0 bridgehead atoms. The summed E-state index contributed by atoms with van der Waals surface area (Å²) in [5.41, 5.74) is 1.73. The molecule has 1 aromatic carbocycles. The summed E-state index contributed by atoms with van der Waals surface area (Å²) in [6.07, 6.45) is 2.84. The van der Waals surface area contributed by atoms with Crippen molar-refractivity contribution in [1.29, 1.82) is 0 Å². The fourth-order valence-corrected chi connectivity index (χ4v) is 4.26. The Morgan fingerprint density at radius 2 is 2.17 bits per heavy atom. The Balaban J connectivity index is 1.79. The predicted octanol–water partition coefficient (Wildman–Crippen LogP) is 1.44. The van der Waals surface area contributed by atoms with Crippen LogP contribution in [0.25, 0.3) is 0 Å². The van der Waals surface area contributed by atoms with Crippen molar-refractivity contribution in [3.63, 3.8) is 0 Å². The number of carbonyl (C=O) groups excluding carboxylic acids is 1. The normalized spacial score (nSPS) is 21.5. The Bertz CT molecular complexity index is 696. The maximum atomic E-state index is 12.4. The zero-order valence-electron chi connectivity index (χ0n) is 13.2. The van der Waals surface area contributed by atoms with Gasteiger partial charge in [0.1, 0.15) is 0 Å². The number of ether oxygens (including phenoxy) is 1. The molecule has 23 heavy (non-hydrogen) atoms. The molecule has 1 saturated heterocycles. The van der Waals surface area contributed by atoms with Crippen molar-refractivity contribution in [2.75, 3.05) is 24.6 Å². The van der Waals surface area contributed by atoms with E-state index in [4.69, 9.17) is 4.74 Å². The van der Waals surface area contributed by atoms with Crippen LogP contribution in [0.2, 0.25) is 0 Å². The summed E-state index contributed by atoms with van der Waals surface area (Å²) < 4.78 is 33.0. The molecule has 6 nitrogen and oxygen atoms in total. The molecule has 0 saturated carbocycles. The third-order valence-electron chi connectivity index (χ3n) is 4.40. The minimum Gasteiger partial charge on any atom is -0.377 e. The lowest BCUT2D eigenvalue weighted by Gasteiger charge is -2.28. The molecular formula is C16H22N2O4S. The highest BCUT2D eigenvalue weighted by atomic mass is 32.2. The summed E-state index contributed by atoms with van der Waals surface area (Å²) in [7, 11) is -3.55. The molecule has 0 radical (unpaired) electrons. The zero-order chi connectivity index (χ0) is 16.4. The zero-order valence-corrected chi connectivity index (χ0v) is 14.1. The van der Waals surface area contributed by atoms with Gasteiger partial charge in [-0.05, 0) is 49.9 Å². The topological polar surface area (TPSA) is 75.7 Å².